The number of rotatable bonds is 5. The molecule has 0 bridgehead atoms. The summed E-state index contributed by atoms with van der Waals surface area (Å²) in [5.74, 6) is -0.965. The molecule has 4 atom stereocenters. The number of esters is 1. The Kier molecular flexibility index (Phi) is 6.02. The molecule has 6 heteroatoms. The van der Waals surface area contributed by atoms with Gasteiger partial charge in [0.2, 0.25) is 0 Å². The summed E-state index contributed by atoms with van der Waals surface area (Å²) in [7, 11) is 1.38. The molecule has 31 heavy (non-hydrogen) atoms. The normalized spacial score (nSPS) is 27.7. The van der Waals surface area contributed by atoms with Crippen LogP contribution in [-0.4, -0.2) is 31.4 Å². The molecule has 1 spiro atoms. The molecule has 1 aliphatic heterocycles. The maximum atomic E-state index is 14.1. The summed E-state index contributed by atoms with van der Waals surface area (Å²) < 4.78 is 45.1. The highest BCUT2D eigenvalue weighted by Crippen LogP contribution is 2.57. The third kappa shape index (κ3) is 4.18. The lowest BCUT2D eigenvalue weighted by atomic mass is 9.76. The van der Waals surface area contributed by atoms with Crippen molar-refractivity contribution in [3.8, 4) is 5.75 Å². The number of halogens is 2. The number of benzene rings is 2. The number of ether oxygens (including phenoxy) is 3. The van der Waals surface area contributed by atoms with E-state index in [0.29, 0.717) is 31.6 Å². The van der Waals surface area contributed by atoms with Crippen LogP contribution in [0.4, 0.5) is 8.78 Å². The van der Waals surface area contributed by atoms with Crippen molar-refractivity contribution in [2.75, 3.05) is 13.7 Å². The van der Waals surface area contributed by atoms with Crippen LogP contribution in [0, 0.1) is 17.6 Å². The standard InChI is InChI=1S/C25H28F2O4/c1-15(2)31-22-9-8-19(27)12-21(22)17-13-25(30-14-17)11-10-20(24(28)29-3)23(25)16-4-6-18(26)7-5-16/h4-9,12,15,17,20,23H,10-11,13-14H2,1-3H3/t17-,20+,23-,25-/m1/s1. The average molecular weight is 430 g/mol. The van der Waals surface area contributed by atoms with Gasteiger partial charge in [-0.3, -0.25) is 4.79 Å². The van der Waals surface area contributed by atoms with Crippen LogP contribution in [-0.2, 0) is 14.3 Å². The van der Waals surface area contributed by atoms with Crippen LogP contribution < -0.4 is 4.74 Å². The molecule has 0 N–H and O–H groups in total. The fraction of sp³-hybridized carbons (Fsp3) is 0.480. The van der Waals surface area contributed by atoms with Gasteiger partial charge in [0, 0.05) is 17.4 Å². The van der Waals surface area contributed by atoms with E-state index in [1.807, 2.05) is 13.8 Å². The first-order valence-electron chi connectivity index (χ1n) is 10.8. The van der Waals surface area contributed by atoms with E-state index in [-0.39, 0.29) is 41.5 Å². The minimum Gasteiger partial charge on any atom is -0.491 e. The van der Waals surface area contributed by atoms with E-state index in [2.05, 4.69) is 0 Å². The molecule has 2 aromatic carbocycles. The molecule has 0 amide bonds. The van der Waals surface area contributed by atoms with Gasteiger partial charge < -0.3 is 14.2 Å². The zero-order valence-electron chi connectivity index (χ0n) is 18.1. The van der Waals surface area contributed by atoms with Crippen LogP contribution >= 0.6 is 0 Å². The Labute approximate surface area is 181 Å². The number of hydrogen-bond donors (Lipinski definition) is 0. The predicted molar refractivity (Wildman–Crippen MR) is 112 cm³/mol. The van der Waals surface area contributed by atoms with Gasteiger partial charge in [0.1, 0.15) is 17.4 Å². The molecular weight excluding hydrogens is 402 g/mol. The smallest absolute Gasteiger partial charge is 0.309 e. The quantitative estimate of drug-likeness (QED) is 0.599. The fourth-order valence-corrected chi connectivity index (χ4v) is 5.29. The van der Waals surface area contributed by atoms with Crippen LogP contribution in [0.5, 0.6) is 5.75 Å². The van der Waals surface area contributed by atoms with Gasteiger partial charge >= 0.3 is 5.97 Å². The largest absolute Gasteiger partial charge is 0.491 e. The van der Waals surface area contributed by atoms with Gasteiger partial charge in [0.05, 0.1) is 31.3 Å². The molecule has 4 nitrogen and oxygen atoms in total. The average Bonchev–Trinajstić information content (AvgIpc) is 3.34. The summed E-state index contributed by atoms with van der Waals surface area (Å²) in [6.07, 6.45) is 1.89. The number of hydrogen-bond acceptors (Lipinski definition) is 4. The van der Waals surface area contributed by atoms with Gasteiger partial charge in [-0.25, -0.2) is 8.78 Å². The van der Waals surface area contributed by atoms with Gasteiger partial charge in [-0.05, 0) is 69.0 Å². The first-order valence-corrected chi connectivity index (χ1v) is 10.8. The Balaban J connectivity index is 1.68. The van der Waals surface area contributed by atoms with Crippen LogP contribution in [0.3, 0.4) is 0 Å². The number of methoxy groups -OCH3 is 1. The van der Waals surface area contributed by atoms with Crippen molar-refractivity contribution in [2.45, 2.75) is 56.7 Å². The van der Waals surface area contributed by atoms with Gasteiger partial charge in [-0.15, -0.1) is 0 Å². The molecule has 2 fully saturated rings. The number of carbonyl (C=O) groups excluding carboxylic acids is 1. The summed E-state index contributed by atoms with van der Waals surface area (Å²) in [5, 5.41) is 0. The topological polar surface area (TPSA) is 44.8 Å². The van der Waals surface area contributed by atoms with Crippen molar-refractivity contribution in [3.63, 3.8) is 0 Å². The van der Waals surface area contributed by atoms with E-state index in [1.54, 1.807) is 18.2 Å². The van der Waals surface area contributed by atoms with Crippen LogP contribution in [0.25, 0.3) is 0 Å². The van der Waals surface area contributed by atoms with Gasteiger partial charge in [-0.1, -0.05) is 12.1 Å². The maximum absolute atomic E-state index is 14.1. The number of carbonyl (C=O) groups is 1. The third-order valence-corrected chi connectivity index (χ3v) is 6.52. The van der Waals surface area contributed by atoms with Crippen molar-refractivity contribution in [3.05, 3.63) is 65.2 Å². The highest BCUT2D eigenvalue weighted by molar-refractivity contribution is 5.74. The Morgan fingerprint density at radius 2 is 1.84 bits per heavy atom. The third-order valence-electron chi connectivity index (χ3n) is 6.52. The molecule has 1 aliphatic carbocycles. The first-order chi connectivity index (χ1) is 14.8. The molecule has 2 aliphatic rings. The predicted octanol–water partition coefficient (Wildman–Crippen LogP) is 5.36. The second-order valence-corrected chi connectivity index (χ2v) is 8.82. The second-order valence-electron chi connectivity index (χ2n) is 8.82. The first kappa shape index (κ1) is 21.8. The molecule has 0 radical (unpaired) electrons. The lowest BCUT2D eigenvalue weighted by Crippen LogP contribution is -2.35. The van der Waals surface area contributed by atoms with E-state index < -0.39 is 5.60 Å². The van der Waals surface area contributed by atoms with Gasteiger partial charge in [-0.2, -0.15) is 0 Å². The molecule has 1 heterocycles. The molecular formula is C25H28F2O4. The van der Waals surface area contributed by atoms with Gasteiger partial charge in [0.15, 0.2) is 0 Å². The van der Waals surface area contributed by atoms with Gasteiger partial charge in [0.25, 0.3) is 0 Å². The summed E-state index contributed by atoms with van der Waals surface area (Å²) in [6, 6.07) is 10.8. The Morgan fingerprint density at radius 1 is 1.13 bits per heavy atom. The van der Waals surface area contributed by atoms with Crippen LogP contribution in [0.1, 0.15) is 56.1 Å². The van der Waals surface area contributed by atoms with E-state index in [0.717, 1.165) is 11.1 Å². The lowest BCUT2D eigenvalue weighted by molar-refractivity contribution is -0.146. The van der Waals surface area contributed by atoms with Crippen molar-refractivity contribution in [1.29, 1.82) is 0 Å². The molecule has 1 saturated heterocycles. The van der Waals surface area contributed by atoms with E-state index in [4.69, 9.17) is 14.2 Å². The monoisotopic (exact) mass is 430 g/mol. The maximum Gasteiger partial charge on any atom is 0.309 e. The zero-order valence-corrected chi connectivity index (χ0v) is 18.1. The molecule has 1 saturated carbocycles. The highest BCUT2D eigenvalue weighted by atomic mass is 19.1. The fourth-order valence-electron chi connectivity index (χ4n) is 5.29. The van der Waals surface area contributed by atoms with Crippen molar-refractivity contribution >= 4 is 5.97 Å². The zero-order chi connectivity index (χ0) is 22.2. The SMILES string of the molecule is COC(=O)[C@H]1CC[C@@]2(C[C@@H](c3cc(F)ccc3OC(C)C)CO2)[C@@H]1c1ccc(F)cc1. The second kappa shape index (κ2) is 8.58. The summed E-state index contributed by atoms with van der Waals surface area (Å²) in [6.45, 7) is 4.27. The van der Waals surface area contributed by atoms with E-state index >= 15 is 0 Å². The molecule has 4 rings (SSSR count). The molecule has 2 aromatic rings. The van der Waals surface area contributed by atoms with Crippen molar-refractivity contribution < 1.29 is 27.8 Å². The summed E-state index contributed by atoms with van der Waals surface area (Å²) in [4.78, 5) is 12.6. The van der Waals surface area contributed by atoms with Crippen LogP contribution in [0.2, 0.25) is 0 Å². The summed E-state index contributed by atoms with van der Waals surface area (Å²) in [5.41, 5.74) is 1.04. The van der Waals surface area contributed by atoms with Crippen LogP contribution in [0.15, 0.2) is 42.5 Å². The molecule has 0 unspecified atom stereocenters. The Bertz CT molecular complexity index is 943. The van der Waals surface area contributed by atoms with E-state index in [1.165, 1.54) is 31.4 Å². The lowest BCUT2D eigenvalue weighted by Gasteiger charge is -2.33. The van der Waals surface area contributed by atoms with Crippen molar-refractivity contribution in [1.82, 2.24) is 0 Å². The van der Waals surface area contributed by atoms with E-state index in [9.17, 15) is 13.6 Å². The van der Waals surface area contributed by atoms with Crippen molar-refractivity contribution in [2.24, 2.45) is 5.92 Å². The highest BCUT2D eigenvalue weighted by Gasteiger charge is 2.56. The molecule has 0 aromatic heterocycles. The Hall–Kier alpha value is -2.47. The minimum atomic E-state index is -0.594. The minimum absolute atomic E-state index is 0.0392. The summed E-state index contributed by atoms with van der Waals surface area (Å²) >= 11 is 0. The Morgan fingerprint density at radius 3 is 2.52 bits per heavy atom. The molecule has 166 valence electrons.